The molecule has 0 amide bonds. The lowest BCUT2D eigenvalue weighted by atomic mass is 10.0. The van der Waals surface area contributed by atoms with Gasteiger partial charge in [-0.05, 0) is 24.1 Å². The summed E-state index contributed by atoms with van der Waals surface area (Å²) in [6.07, 6.45) is 2.02. The summed E-state index contributed by atoms with van der Waals surface area (Å²) in [5, 5.41) is 0. The molecule has 0 saturated heterocycles. The quantitative estimate of drug-likeness (QED) is 0.712. The monoisotopic (exact) mass is 205 g/mol. The highest BCUT2D eigenvalue weighted by atomic mass is 16.1. The van der Waals surface area contributed by atoms with Gasteiger partial charge >= 0.3 is 5.69 Å². The molecule has 0 aliphatic carbocycles. The largest absolute Gasteiger partial charge is 0.324 e. The predicted octanol–water partition coefficient (Wildman–Crippen LogP) is 1.66. The van der Waals surface area contributed by atoms with Crippen LogP contribution in [-0.4, -0.2) is 9.97 Å². The van der Waals surface area contributed by atoms with Crippen LogP contribution in [0.25, 0.3) is 11.0 Å². The minimum absolute atomic E-state index is 0.0535. The first kappa shape index (κ1) is 9.98. The fourth-order valence-corrected chi connectivity index (χ4v) is 1.76. The summed E-state index contributed by atoms with van der Waals surface area (Å²) in [4.78, 5) is 16.5. The van der Waals surface area contributed by atoms with E-state index in [2.05, 4.69) is 16.9 Å². The molecular weight excluding hydrogens is 190 g/mol. The van der Waals surface area contributed by atoms with Gasteiger partial charge in [-0.3, -0.25) is 0 Å². The average Bonchev–Trinajstić information content (AvgIpc) is 2.57. The number of rotatable bonds is 3. The maximum atomic E-state index is 11.1. The van der Waals surface area contributed by atoms with Crippen molar-refractivity contribution in [3.63, 3.8) is 0 Å². The standard InChI is InChI=1S/C11H15N3O/c1-2-3-8(12)7-4-5-9-10(6-7)14-11(15)13-9/h4-6,8H,2-3,12H2,1H3,(H2,13,14,15). The molecule has 0 spiro atoms. The minimum atomic E-state index is -0.175. The Kier molecular flexibility index (Phi) is 2.60. The zero-order chi connectivity index (χ0) is 10.8. The number of fused-ring (bicyclic) bond motifs is 1. The van der Waals surface area contributed by atoms with Crippen molar-refractivity contribution >= 4 is 11.0 Å². The van der Waals surface area contributed by atoms with E-state index in [0.29, 0.717) is 0 Å². The Morgan fingerprint density at radius 1 is 1.33 bits per heavy atom. The first-order valence-electron chi connectivity index (χ1n) is 5.18. The van der Waals surface area contributed by atoms with Gasteiger partial charge in [0.15, 0.2) is 0 Å². The molecule has 1 aromatic heterocycles. The molecule has 1 heterocycles. The molecular formula is C11H15N3O. The van der Waals surface area contributed by atoms with Gasteiger partial charge in [0.1, 0.15) is 0 Å². The second-order valence-electron chi connectivity index (χ2n) is 3.78. The van der Waals surface area contributed by atoms with E-state index in [1.54, 1.807) is 0 Å². The maximum absolute atomic E-state index is 11.1. The van der Waals surface area contributed by atoms with Gasteiger partial charge in [-0.1, -0.05) is 19.4 Å². The third kappa shape index (κ3) is 1.94. The number of nitrogens with one attached hydrogen (secondary N) is 2. The van der Waals surface area contributed by atoms with Gasteiger partial charge in [0.25, 0.3) is 0 Å². The molecule has 0 fully saturated rings. The smallest absolute Gasteiger partial charge is 0.323 e. The molecule has 0 bridgehead atoms. The summed E-state index contributed by atoms with van der Waals surface area (Å²) in [7, 11) is 0. The Bertz CT molecular complexity index is 512. The van der Waals surface area contributed by atoms with E-state index in [9.17, 15) is 4.79 Å². The third-order valence-corrected chi connectivity index (χ3v) is 2.57. The summed E-state index contributed by atoms with van der Waals surface area (Å²) < 4.78 is 0. The van der Waals surface area contributed by atoms with Gasteiger partial charge in [0, 0.05) is 6.04 Å². The van der Waals surface area contributed by atoms with Gasteiger partial charge in [-0.25, -0.2) is 4.79 Å². The summed E-state index contributed by atoms with van der Waals surface area (Å²) in [5.41, 5.74) is 8.54. The van der Waals surface area contributed by atoms with E-state index in [0.717, 1.165) is 29.4 Å². The Balaban J connectivity index is 2.41. The Hall–Kier alpha value is -1.55. The fraction of sp³-hybridized carbons (Fsp3) is 0.364. The Morgan fingerprint density at radius 2 is 2.07 bits per heavy atom. The number of hydrogen-bond acceptors (Lipinski definition) is 2. The highest BCUT2D eigenvalue weighted by molar-refractivity contribution is 5.75. The van der Waals surface area contributed by atoms with Crippen molar-refractivity contribution in [3.8, 4) is 0 Å². The molecule has 4 N–H and O–H groups in total. The fourth-order valence-electron chi connectivity index (χ4n) is 1.76. The number of H-pyrrole nitrogens is 2. The van der Waals surface area contributed by atoms with Crippen LogP contribution in [0.5, 0.6) is 0 Å². The number of nitrogens with two attached hydrogens (primary N) is 1. The second kappa shape index (κ2) is 3.90. The topological polar surface area (TPSA) is 74.7 Å². The van der Waals surface area contributed by atoms with Crippen LogP contribution in [0.2, 0.25) is 0 Å². The number of benzene rings is 1. The predicted molar refractivity (Wildman–Crippen MR) is 60.8 cm³/mol. The number of imidazole rings is 1. The molecule has 0 aliphatic heterocycles. The number of hydrogen-bond donors (Lipinski definition) is 3. The minimum Gasteiger partial charge on any atom is -0.324 e. The number of aromatic amines is 2. The van der Waals surface area contributed by atoms with Gasteiger partial charge in [-0.15, -0.1) is 0 Å². The van der Waals surface area contributed by atoms with Gasteiger partial charge < -0.3 is 15.7 Å². The molecule has 4 nitrogen and oxygen atoms in total. The van der Waals surface area contributed by atoms with E-state index in [1.165, 1.54) is 0 Å². The summed E-state index contributed by atoms with van der Waals surface area (Å²) >= 11 is 0. The zero-order valence-corrected chi connectivity index (χ0v) is 8.71. The van der Waals surface area contributed by atoms with Crippen molar-refractivity contribution in [2.24, 2.45) is 5.73 Å². The lowest BCUT2D eigenvalue weighted by Crippen LogP contribution is -2.09. The van der Waals surface area contributed by atoms with Crippen LogP contribution in [0.3, 0.4) is 0 Å². The van der Waals surface area contributed by atoms with Gasteiger partial charge in [-0.2, -0.15) is 0 Å². The van der Waals surface area contributed by atoms with Crippen molar-refractivity contribution in [1.29, 1.82) is 0 Å². The van der Waals surface area contributed by atoms with Crippen LogP contribution in [-0.2, 0) is 0 Å². The molecule has 0 saturated carbocycles. The highest BCUT2D eigenvalue weighted by Gasteiger charge is 2.06. The lowest BCUT2D eigenvalue weighted by molar-refractivity contribution is 0.639. The van der Waals surface area contributed by atoms with Crippen LogP contribution < -0.4 is 11.4 Å². The van der Waals surface area contributed by atoms with Crippen LogP contribution in [0.15, 0.2) is 23.0 Å². The molecule has 1 unspecified atom stereocenters. The molecule has 0 aliphatic rings. The van der Waals surface area contributed by atoms with E-state index in [-0.39, 0.29) is 11.7 Å². The molecule has 2 rings (SSSR count). The van der Waals surface area contributed by atoms with E-state index in [1.807, 2.05) is 18.2 Å². The molecule has 4 heteroatoms. The van der Waals surface area contributed by atoms with Crippen molar-refractivity contribution < 1.29 is 0 Å². The van der Waals surface area contributed by atoms with Crippen molar-refractivity contribution in [3.05, 3.63) is 34.2 Å². The SMILES string of the molecule is CCCC(N)c1ccc2[nH]c(=O)[nH]c2c1. The zero-order valence-electron chi connectivity index (χ0n) is 8.71. The molecule has 15 heavy (non-hydrogen) atoms. The second-order valence-corrected chi connectivity index (χ2v) is 3.78. The molecule has 2 aromatic rings. The summed E-state index contributed by atoms with van der Waals surface area (Å²) in [6, 6.07) is 5.84. The van der Waals surface area contributed by atoms with E-state index < -0.39 is 0 Å². The van der Waals surface area contributed by atoms with Crippen LogP contribution >= 0.6 is 0 Å². The molecule has 0 radical (unpaired) electrons. The average molecular weight is 205 g/mol. The van der Waals surface area contributed by atoms with Crippen LogP contribution in [0, 0.1) is 0 Å². The normalized spacial score (nSPS) is 13.2. The van der Waals surface area contributed by atoms with Crippen LogP contribution in [0.1, 0.15) is 31.4 Å². The first-order chi connectivity index (χ1) is 7.20. The van der Waals surface area contributed by atoms with E-state index >= 15 is 0 Å². The van der Waals surface area contributed by atoms with Crippen molar-refractivity contribution in [2.75, 3.05) is 0 Å². The van der Waals surface area contributed by atoms with Crippen LogP contribution in [0.4, 0.5) is 0 Å². The van der Waals surface area contributed by atoms with Gasteiger partial charge in [0.05, 0.1) is 11.0 Å². The maximum Gasteiger partial charge on any atom is 0.323 e. The van der Waals surface area contributed by atoms with E-state index in [4.69, 9.17) is 5.73 Å². The summed E-state index contributed by atoms with van der Waals surface area (Å²) in [6.45, 7) is 2.11. The molecule has 1 atom stereocenters. The van der Waals surface area contributed by atoms with Crippen molar-refractivity contribution in [1.82, 2.24) is 9.97 Å². The first-order valence-corrected chi connectivity index (χ1v) is 5.18. The molecule has 80 valence electrons. The Morgan fingerprint density at radius 3 is 2.80 bits per heavy atom. The molecule has 1 aromatic carbocycles. The highest BCUT2D eigenvalue weighted by Crippen LogP contribution is 2.18. The third-order valence-electron chi connectivity index (χ3n) is 2.57. The number of aromatic nitrogens is 2. The van der Waals surface area contributed by atoms with Crippen molar-refractivity contribution in [2.45, 2.75) is 25.8 Å². The Labute approximate surface area is 87.5 Å². The summed E-state index contributed by atoms with van der Waals surface area (Å²) in [5.74, 6) is 0. The lowest BCUT2D eigenvalue weighted by Gasteiger charge is -2.10. The van der Waals surface area contributed by atoms with Gasteiger partial charge in [0.2, 0.25) is 0 Å².